The Morgan fingerprint density at radius 3 is 2.50 bits per heavy atom. The molecule has 1 aromatic heterocycles. The first-order valence-corrected chi connectivity index (χ1v) is 5.32. The summed E-state index contributed by atoms with van der Waals surface area (Å²) >= 11 is 0. The molecule has 0 bridgehead atoms. The maximum absolute atomic E-state index is 11.7. The molecule has 1 heterocycles. The second-order valence-electron chi connectivity index (χ2n) is 3.77. The van der Waals surface area contributed by atoms with Gasteiger partial charge in [-0.15, -0.1) is 0 Å². The fraction of sp³-hybridized carbons (Fsp3) is 0.154. The molecule has 0 saturated heterocycles. The molecule has 94 valence electrons. The van der Waals surface area contributed by atoms with E-state index in [1.54, 1.807) is 0 Å². The number of hydrogen-bond donors (Lipinski definition) is 2. The van der Waals surface area contributed by atoms with Crippen LogP contribution in [0, 0.1) is 6.92 Å². The monoisotopic (exact) mass is 248 g/mol. The van der Waals surface area contributed by atoms with E-state index in [4.69, 9.17) is 4.74 Å². The minimum absolute atomic E-state index is 0.00383. The topological polar surface area (TPSA) is 79.9 Å². The third kappa shape index (κ3) is 2.29. The number of hydrogen-bond acceptors (Lipinski definition) is 5. The van der Waals surface area contributed by atoms with Crippen LogP contribution in [0.3, 0.4) is 0 Å². The van der Waals surface area contributed by atoms with Crippen molar-refractivity contribution in [2.75, 3.05) is 0 Å². The van der Waals surface area contributed by atoms with Gasteiger partial charge in [-0.3, -0.25) is 4.79 Å². The van der Waals surface area contributed by atoms with Gasteiger partial charge in [0, 0.05) is 0 Å². The van der Waals surface area contributed by atoms with Gasteiger partial charge in [0.05, 0.1) is 5.56 Å². The lowest BCUT2D eigenvalue weighted by atomic mass is 10.2. The average molecular weight is 248 g/mol. The molecule has 0 aliphatic heterocycles. The SMILES string of the molecule is Cc1c(O)oc(O)c(OCc2ccccc2)c1=O. The summed E-state index contributed by atoms with van der Waals surface area (Å²) < 4.78 is 9.82. The highest BCUT2D eigenvalue weighted by Gasteiger charge is 2.17. The van der Waals surface area contributed by atoms with Crippen LogP contribution >= 0.6 is 0 Å². The predicted molar refractivity (Wildman–Crippen MR) is 63.8 cm³/mol. The highest BCUT2D eigenvalue weighted by molar-refractivity contribution is 5.37. The van der Waals surface area contributed by atoms with Crippen LogP contribution in [0.2, 0.25) is 0 Å². The van der Waals surface area contributed by atoms with Gasteiger partial charge in [-0.25, -0.2) is 0 Å². The largest absolute Gasteiger partial charge is 0.480 e. The minimum atomic E-state index is -0.723. The Bertz CT molecular complexity index is 601. The first-order chi connectivity index (χ1) is 8.59. The molecule has 0 unspecified atom stereocenters. The molecular formula is C13H12O5. The number of rotatable bonds is 3. The van der Waals surface area contributed by atoms with Crippen LogP contribution in [0.15, 0.2) is 39.5 Å². The van der Waals surface area contributed by atoms with E-state index >= 15 is 0 Å². The molecule has 0 aliphatic carbocycles. The van der Waals surface area contributed by atoms with E-state index in [0.717, 1.165) is 5.56 Å². The molecule has 0 amide bonds. The Morgan fingerprint density at radius 2 is 1.83 bits per heavy atom. The van der Waals surface area contributed by atoms with E-state index in [1.807, 2.05) is 30.3 Å². The van der Waals surface area contributed by atoms with Crippen molar-refractivity contribution in [2.45, 2.75) is 13.5 Å². The van der Waals surface area contributed by atoms with Gasteiger partial charge in [-0.05, 0) is 12.5 Å². The second kappa shape index (κ2) is 4.83. The highest BCUT2D eigenvalue weighted by Crippen LogP contribution is 2.28. The Kier molecular flexibility index (Phi) is 3.23. The van der Waals surface area contributed by atoms with Crippen molar-refractivity contribution < 1.29 is 19.4 Å². The summed E-state index contributed by atoms with van der Waals surface area (Å²) in [6.45, 7) is 1.51. The van der Waals surface area contributed by atoms with Gasteiger partial charge in [0.25, 0.3) is 5.95 Å². The summed E-state index contributed by atoms with van der Waals surface area (Å²) in [6, 6.07) is 9.18. The van der Waals surface area contributed by atoms with E-state index in [9.17, 15) is 15.0 Å². The van der Waals surface area contributed by atoms with Crippen LogP contribution in [0.25, 0.3) is 0 Å². The van der Waals surface area contributed by atoms with Crippen LogP contribution in [0.1, 0.15) is 11.1 Å². The van der Waals surface area contributed by atoms with Gasteiger partial charge >= 0.3 is 5.95 Å². The van der Waals surface area contributed by atoms with Crippen molar-refractivity contribution in [3.8, 4) is 17.6 Å². The highest BCUT2D eigenvalue weighted by atomic mass is 16.6. The summed E-state index contributed by atoms with van der Waals surface area (Å²) in [5.74, 6) is -1.63. The Morgan fingerprint density at radius 1 is 1.17 bits per heavy atom. The standard InChI is InChI=1S/C13H12O5/c1-8-10(14)11(13(16)18-12(8)15)17-7-9-5-3-2-4-6-9/h2-6,15-16H,7H2,1H3. The summed E-state index contributed by atoms with van der Waals surface area (Å²) in [5.41, 5.74) is 0.255. The van der Waals surface area contributed by atoms with E-state index in [2.05, 4.69) is 4.42 Å². The van der Waals surface area contributed by atoms with Crippen molar-refractivity contribution >= 4 is 0 Å². The van der Waals surface area contributed by atoms with Gasteiger partial charge < -0.3 is 19.4 Å². The normalized spacial score (nSPS) is 10.3. The zero-order chi connectivity index (χ0) is 13.1. The minimum Gasteiger partial charge on any atom is -0.480 e. The third-order valence-corrected chi connectivity index (χ3v) is 2.48. The number of ether oxygens (including phenoxy) is 1. The molecule has 2 N–H and O–H groups in total. The molecule has 0 fully saturated rings. The third-order valence-electron chi connectivity index (χ3n) is 2.48. The molecular weight excluding hydrogens is 236 g/mol. The van der Waals surface area contributed by atoms with Crippen LogP contribution in [0.5, 0.6) is 17.6 Å². The molecule has 5 heteroatoms. The van der Waals surface area contributed by atoms with Gasteiger partial charge in [0.1, 0.15) is 6.61 Å². The Balaban J connectivity index is 2.25. The summed E-state index contributed by atoms with van der Waals surface area (Å²) in [5, 5.41) is 18.6. The quantitative estimate of drug-likeness (QED) is 0.867. The average Bonchev–Trinajstić information content (AvgIpc) is 2.37. The lowest BCUT2D eigenvalue weighted by molar-refractivity contribution is 0.211. The fourth-order valence-corrected chi connectivity index (χ4v) is 1.44. The summed E-state index contributed by atoms with van der Waals surface area (Å²) in [4.78, 5) is 11.7. The molecule has 0 radical (unpaired) electrons. The molecule has 5 nitrogen and oxygen atoms in total. The molecule has 0 atom stereocenters. The van der Waals surface area contributed by atoms with Crippen molar-refractivity contribution in [3.63, 3.8) is 0 Å². The van der Waals surface area contributed by atoms with Crippen LogP contribution < -0.4 is 10.2 Å². The fourth-order valence-electron chi connectivity index (χ4n) is 1.44. The van der Waals surface area contributed by atoms with E-state index in [-0.39, 0.29) is 17.9 Å². The van der Waals surface area contributed by atoms with E-state index in [1.165, 1.54) is 6.92 Å². The molecule has 0 spiro atoms. The first kappa shape index (κ1) is 12.0. The number of aromatic hydroxyl groups is 2. The molecule has 0 saturated carbocycles. The molecule has 0 aliphatic rings. The molecule has 18 heavy (non-hydrogen) atoms. The Labute approximate surface area is 103 Å². The van der Waals surface area contributed by atoms with Crippen LogP contribution in [-0.2, 0) is 6.61 Å². The van der Waals surface area contributed by atoms with Crippen LogP contribution in [0.4, 0.5) is 0 Å². The van der Waals surface area contributed by atoms with Crippen molar-refractivity contribution in [3.05, 3.63) is 51.7 Å². The summed E-state index contributed by atoms with van der Waals surface area (Å²) in [6.07, 6.45) is 0. The van der Waals surface area contributed by atoms with Gasteiger partial charge in [-0.2, -0.15) is 0 Å². The van der Waals surface area contributed by atoms with Crippen molar-refractivity contribution in [1.29, 1.82) is 0 Å². The maximum atomic E-state index is 11.7. The van der Waals surface area contributed by atoms with Crippen molar-refractivity contribution in [2.24, 2.45) is 0 Å². The summed E-state index contributed by atoms with van der Waals surface area (Å²) in [7, 11) is 0. The Hall–Kier alpha value is -2.43. The first-order valence-electron chi connectivity index (χ1n) is 5.32. The zero-order valence-corrected chi connectivity index (χ0v) is 9.71. The van der Waals surface area contributed by atoms with E-state index in [0.29, 0.717) is 0 Å². The lowest BCUT2D eigenvalue weighted by Gasteiger charge is -2.07. The van der Waals surface area contributed by atoms with Crippen molar-refractivity contribution in [1.82, 2.24) is 0 Å². The number of benzene rings is 1. The van der Waals surface area contributed by atoms with Gasteiger partial charge in [0.2, 0.25) is 11.2 Å². The van der Waals surface area contributed by atoms with Gasteiger partial charge in [0.15, 0.2) is 0 Å². The second-order valence-corrected chi connectivity index (χ2v) is 3.77. The van der Waals surface area contributed by atoms with Gasteiger partial charge in [-0.1, -0.05) is 30.3 Å². The van der Waals surface area contributed by atoms with Crippen LogP contribution in [-0.4, -0.2) is 10.2 Å². The lowest BCUT2D eigenvalue weighted by Crippen LogP contribution is -2.10. The maximum Gasteiger partial charge on any atom is 0.333 e. The van der Waals surface area contributed by atoms with E-state index < -0.39 is 17.3 Å². The molecule has 2 rings (SSSR count). The molecule has 2 aromatic rings. The predicted octanol–water partition coefficient (Wildman–Crippen LogP) is 1.94. The zero-order valence-electron chi connectivity index (χ0n) is 9.71. The molecule has 1 aromatic carbocycles. The smallest absolute Gasteiger partial charge is 0.333 e.